The van der Waals surface area contributed by atoms with Gasteiger partial charge in [-0.1, -0.05) is 6.92 Å². The van der Waals surface area contributed by atoms with Crippen LogP contribution in [-0.2, 0) is 6.18 Å². The zero-order valence-corrected chi connectivity index (χ0v) is 12.0. The van der Waals surface area contributed by atoms with Crippen LogP contribution < -0.4 is 10.6 Å². The number of thioether (sulfide) groups is 1. The van der Waals surface area contributed by atoms with E-state index in [2.05, 4.69) is 22.5 Å². The third-order valence-electron chi connectivity index (χ3n) is 2.67. The molecule has 1 aromatic heterocycles. The van der Waals surface area contributed by atoms with Gasteiger partial charge in [-0.25, -0.2) is 4.98 Å². The highest BCUT2D eigenvalue weighted by Gasteiger charge is 2.31. The molecule has 1 rings (SSSR count). The summed E-state index contributed by atoms with van der Waals surface area (Å²) < 4.78 is 38.1. The van der Waals surface area contributed by atoms with Crippen LogP contribution in [0.25, 0.3) is 0 Å². The van der Waals surface area contributed by atoms with E-state index in [0.29, 0.717) is 11.8 Å². The number of hydrogen-bond donors (Lipinski definition) is 2. The molecular formula is C12H18F3N3S. The monoisotopic (exact) mass is 293 g/mol. The van der Waals surface area contributed by atoms with Crippen molar-refractivity contribution in [2.45, 2.75) is 24.8 Å². The molecule has 19 heavy (non-hydrogen) atoms. The highest BCUT2D eigenvalue weighted by molar-refractivity contribution is 7.99. The minimum atomic E-state index is -4.36. The molecule has 0 saturated heterocycles. The first-order valence-corrected chi connectivity index (χ1v) is 7.19. The Kier molecular flexibility index (Phi) is 5.78. The summed E-state index contributed by atoms with van der Waals surface area (Å²) in [4.78, 5) is 4.06. The van der Waals surface area contributed by atoms with Gasteiger partial charge in [0, 0.05) is 18.8 Å². The van der Waals surface area contributed by atoms with Crippen molar-refractivity contribution in [3.63, 3.8) is 0 Å². The topological polar surface area (TPSA) is 37.0 Å². The van der Waals surface area contributed by atoms with Crippen LogP contribution in [-0.4, -0.2) is 30.1 Å². The van der Waals surface area contributed by atoms with E-state index in [9.17, 15) is 13.2 Å². The maximum Gasteiger partial charge on any atom is 0.416 e. The summed E-state index contributed by atoms with van der Waals surface area (Å²) in [5, 5.41) is 6.03. The molecule has 0 bridgehead atoms. The number of nitrogens with zero attached hydrogens (tertiary/aromatic N) is 1. The van der Waals surface area contributed by atoms with E-state index in [0.717, 1.165) is 18.6 Å². The Morgan fingerprint density at radius 3 is 2.47 bits per heavy atom. The highest BCUT2D eigenvalue weighted by atomic mass is 32.2. The van der Waals surface area contributed by atoms with Gasteiger partial charge in [-0.3, -0.25) is 0 Å². The average molecular weight is 293 g/mol. The Bertz CT molecular complexity index is 410. The molecule has 0 radical (unpaired) electrons. The summed E-state index contributed by atoms with van der Waals surface area (Å²) in [6.07, 6.45) is -1.49. The molecule has 3 nitrogen and oxygen atoms in total. The molecule has 1 atom stereocenters. The van der Waals surface area contributed by atoms with Crippen LogP contribution in [0.4, 0.5) is 24.8 Å². The molecule has 0 saturated carbocycles. The van der Waals surface area contributed by atoms with Crippen molar-refractivity contribution >= 4 is 23.4 Å². The minimum Gasteiger partial charge on any atom is -0.373 e. The Morgan fingerprint density at radius 1 is 1.32 bits per heavy atom. The number of aromatic nitrogens is 1. The van der Waals surface area contributed by atoms with Crippen molar-refractivity contribution in [1.29, 1.82) is 0 Å². The first-order valence-electron chi connectivity index (χ1n) is 5.90. The first-order chi connectivity index (χ1) is 8.86. The lowest BCUT2D eigenvalue weighted by molar-refractivity contribution is -0.137. The van der Waals surface area contributed by atoms with Gasteiger partial charge in [0.2, 0.25) is 0 Å². The molecule has 0 aliphatic rings. The summed E-state index contributed by atoms with van der Waals surface area (Å²) in [5.74, 6) is 0.447. The molecule has 1 unspecified atom stereocenters. The summed E-state index contributed by atoms with van der Waals surface area (Å²) in [5.41, 5.74) is -0.702. The van der Waals surface area contributed by atoms with E-state index in [-0.39, 0.29) is 11.6 Å². The van der Waals surface area contributed by atoms with Gasteiger partial charge in [0.1, 0.15) is 11.6 Å². The lowest BCUT2D eigenvalue weighted by atomic mass is 10.2. The molecule has 0 aromatic carbocycles. The van der Waals surface area contributed by atoms with Crippen molar-refractivity contribution in [2.24, 2.45) is 0 Å². The molecule has 0 spiro atoms. The number of hydrogen-bond acceptors (Lipinski definition) is 4. The fourth-order valence-corrected chi connectivity index (χ4v) is 1.79. The predicted octanol–water partition coefficient (Wildman–Crippen LogP) is 3.70. The Balaban J connectivity index is 2.77. The zero-order chi connectivity index (χ0) is 14.5. The van der Waals surface area contributed by atoms with Gasteiger partial charge in [-0.15, -0.1) is 0 Å². The maximum atomic E-state index is 12.7. The van der Waals surface area contributed by atoms with Crippen LogP contribution in [0, 0.1) is 0 Å². The van der Waals surface area contributed by atoms with E-state index in [1.165, 1.54) is 0 Å². The fraction of sp³-hybridized carbons (Fsp3) is 0.583. The second kappa shape index (κ2) is 6.88. The van der Waals surface area contributed by atoms with Gasteiger partial charge in [-0.2, -0.15) is 24.9 Å². The molecular weight excluding hydrogens is 275 g/mol. The van der Waals surface area contributed by atoms with Gasteiger partial charge in [0.25, 0.3) is 0 Å². The largest absolute Gasteiger partial charge is 0.416 e. The van der Waals surface area contributed by atoms with E-state index < -0.39 is 11.7 Å². The molecule has 1 aromatic rings. The van der Waals surface area contributed by atoms with Gasteiger partial charge in [0.05, 0.1) is 5.56 Å². The molecule has 7 heteroatoms. The number of rotatable bonds is 6. The normalized spacial score (nSPS) is 13.2. The minimum absolute atomic E-state index is 0.204. The lowest BCUT2D eigenvalue weighted by Crippen LogP contribution is -2.12. The summed E-state index contributed by atoms with van der Waals surface area (Å²) >= 11 is 1.72. The van der Waals surface area contributed by atoms with Crippen molar-refractivity contribution in [1.82, 2.24) is 4.98 Å². The van der Waals surface area contributed by atoms with Crippen molar-refractivity contribution in [3.8, 4) is 0 Å². The number of anilines is 2. The van der Waals surface area contributed by atoms with Gasteiger partial charge in [0.15, 0.2) is 0 Å². The second-order valence-corrected chi connectivity index (χ2v) is 5.41. The van der Waals surface area contributed by atoms with E-state index in [4.69, 9.17) is 0 Å². The number of pyridine rings is 1. The van der Waals surface area contributed by atoms with Crippen LogP contribution in [0.15, 0.2) is 12.1 Å². The predicted molar refractivity (Wildman–Crippen MR) is 74.9 cm³/mol. The number of halogens is 3. The quantitative estimate of drug-likeness (QED) is 0.838. The number of nitrogens with one attached hydrogen (secondary N) is 2. The standard InChI is InChI=1S/C12H18F3N3S/c1-8(19-3)4-5-17-11-7-9(12(13,14)15)6-10(16-2)18-11/h6-8H,4-5H2,1-3H3,(H2,16,17,18). The van der Waals surface area contributed by atoms with Crippen molar-refractivity contribution in [2.75, 3.05) is 30.5 Å². The number of alkyl halides is 3. The molecule has 0 amide bonds. The zero-order valence-electron chi connectivity index (χ0n) is 11.1. The van der Waals surface area contributed by atoms with Crippen molar-refractivity contribution < 1.29 is 13.2 Å². The third kappa shape index (κ3) is 5.18. The average Bonchev–Trinajstić information content (AvgIpc) is 2.37. The fourth-order valence-electron chi connectivity index (χ4n) is 1.43. The molecule has 0 aliphatic heterocycles. The molecule has 0 aliphatic carbocycles. The lowest BCUT2D eigenvalue weighted by Gasteiger charge is -2.13. The smallest absolute Gasteiger partial charge is 0.373 e. The van der Waals surface area contributed by atoms with Crippen LogP contribution in [0.3, 0.4) is 0 Å². The first kappa shape index (κ1) is 15.9. The van der Waals surface area contributed by atoms with Crippen LogP contribution in [0.5, 0.6) is 0 Å². The van der Waals surface area contributed by atoms with E-state index in [1.807, 2.05) is 6.26 Å². The van der Waals surface area contributed by atoms with Crippen molar-refractivity contribution in [3.05, 3.63) is 17.7 Å². The van der Waals surface area contributed by atoms with Crippen LogP contribution in [0.1, 0.15) is 18.9 Å². The Labute approximate surface area is 115 Å². The molecule has 108 valence electrons. The second-order valence-electron chi connectivity index (χ2n) is 4.14. The Morgan fingerprint density at radius 2 is 1.95 bits per heavy atom. The van der Waals surface area contributed by atoms with Gasteiger partial charge >= 0.3 is 6.18 Å². The van der Waals surface area contributed by atoms with Crippen LogP contribution in [0.2, 0.25) is 0 Å². The highest BCUT2D eigenvalue weighted by Crippen LogP contribution is 2.31. The SMILES string of the molecule is CNc1cc(C(F)(F)F)cc(NCCC(C)SC)n1. The molecule has 2 N–H and O–H groups in total. The summed E-state index contributed by atoms with van der Waals surface area (Å²) in [6.45, 7) is 2.67. The van der Waals surface area contributed by atoms with Gasteiger partial charge < -0.3 is 10.6 Å². The molecule has 1 heterocycles. The van der Waals surface area contributed by atoms with Crippen LogP contribution >= 0.6 is 11.8 Å². The summed E-state index contributed by atoms with van der Waals surface area (Å²) in [6, 6.07) is 2.03. The van der Waals surface area contributed by atoms with Gasteiger partial charge in [-0.05, 0) is 24.8 Å². The Hall–Kier alpha value is -1.11. The summed E-state index contributed by atoms with van der Waals surface area (Å²) in [7, 11) is 1.54. The van der Waals surface area contributed by atoms with E-state index in [1.54, 1.807) is 18.8 Å². The van der Waals surface area contributed by atoms with E-state index >= 15 is 0 Å². The maximum absolute atomic E-state index is 12.7. The third-order valence-corrected chi connectivity index (χ3v) is 3.71. The molecule has 0 fully saturated rings.